The zero-order valence-electron chi connectivity index (χ0n) is 19.1. The van der Waals surface area contributed by atoms with Crippen molar-refractivity contribution < 1.29 is 9.53 Å². The number of nitrogens with zero attached hydrogens (tertiary/aromatic N) is 3. The van der Waals surface area contributed by atoms with Crippen LogP contribution < -0.4 is 10.1 Å². The van der Waals surface area contributed by atoms with Gasteiger partial charge in [-0.1, -0.05) is 43.0 Å². The SMILES string of the molecule is CC[C@@H](C)NC(=O)c1ccc(CSc2nc3cccnc3n2Cc2ccc(OC)cc2)cc1. The topological polar surface area (TPSA) is 69.0 Å². The van der Waals surface area contributed by atoms with Gasteiger partial charge in [0.2, 0.25) is 0 Å². The number of methoxy groups -OCH3 is 1. The third kappa shape index (κ3) is 5.54. The van der Waals surface area contributed by atoms with Gasteiger partial charge in [0.25, 0.3) is 5.91 Å². The summed E-state index contributed by atoms with van der Waals surface area (Å²) >= 11 is 1.67. The molecule has 0 aliphatic heterocycles. The van der Waals surface area contributed by atoms with Gasteiger partial charge in [0.05, 0.1) is 13.7 Å². The van der Waals surface area contributed by atoms with Gasteiger partial charge in [-0.3, -0.25) is 9.36 Å². The molecule has 0 spiro atoms. The molecule has 170 valence electrons. The molecule has 1 atom stereocenters. The standard InChI is InChI=1S/C26H28N4O2S/c1-4-18(2)28-25(31)21-11-7-20(8-12-21)17-33-26-29-23-6-5-15-27-24(23)30(26)16-19-9-13-22(32-3)14-10-19/h5-15,18H,4,16-17H2,1-3H3,(H,28,31)/t18-/m1/s1. The third-order valence-electron chi connectivity index (χ3n) is 5.54. The van der Waals surface area contributed by atoms with E-state index in [1.165, 1.54) is 0 Å². The van der Waals surface area contributed by atoms with Gasteiger partial charge in [-0.15, -0.1) is 0 Å². The zero-order chi connectivity index (χ0) is 23.2. The maximum absolute atomic E-state index is 12.3. The molecule has 6 nitrogen and oxygen atoms in total. The molecule has 0 radical (unpaired) electrons. The first-order valence-corrected chi connectivity index (χ1v) is 12.0. The van der Waals surface area contributed by atoms with Crippen molar-refractivity contribution in [3.63, 3.8) is 0 Å². The molecule has 4 aromatic rings. The highest BCUT2D eigenvalue weighted by atomic mass is 32.2. The summed E-state index contributed by atoms with van der Waals surface area (Å²) < 4.78 is 7.42. The average Bonchev–Trinajstić information content (AvgIpc) is 3.20. The van der Waals surface area contributed by atoms with E-state index in [2.05, 4.69) is 33.9 Å². The smallest absolute Gasteiger partial charge is 0.251 e. The number of imidazole rings is 1. The second-order valence-corrected chi connectivity index (χ2v) is 8.89. The van der Waals surface area contributed by atoms with Gasteiger partial charge in [-0.05, 0) is 60.9 Å². The second kappa shape index (κ2) is 10.5. The Bertz CT molecular complexity index is 1220. The fourth-order valence-electron chi connectivity index (χ4n) is 3.41. The average molecular weight is 461 g/mol. The van der Waals surface area contributed by atoms with Crippen LogP contribution in [0.2, 0.25) is 0 Å². The number of hydrogen-bond donors (Lipinski definition) is 1. The maximum atomic E-state index is 12.3. The summed E-state index contributed by atoms with van der Waals surface area (Å²) in [7, 11) is 1.67. The van der Waals surface area contributed by atoms with Gasteiger partial charge < -0.3 is 10.1 Å². The number of thioether (sulfide) groups is 1. The van der Waals surface area contributed by atoms with Gasteiger partial charge in [0, 0.05) is 23.6 Å². The highest BCUT2D eigenvalue weighted by molar-refractivity contribution is 7.98. The molecule has 33 heavy (non-hydrogen) atoms. The molecular weight excluding hydrogens is 432 g/mol. The van der Waals surface area contributed by atoms with Crippen LogP contribution in [0.15, 0.2) is 72.0 Å². The normalized spacial score (nSPS) is 12.0. The molecule has 0 saturated carbocycles. The number of benzene rings is 2. The van der Waals surface area contributed by atoms with Crippen LogP contribution in [0, 0.1) is 0 Å². The molecule has 2 aromatic heterocycles. The monoisotopic (exact) mass is 460 g/mol. The van der Waals surface area contributed by atoms with Crippen LogP contribution >= 0.6 is 11.8 Å². The van der Waals surface area contributed by atoms with E-state index in [9.17, 15) is 4.79 Å². The van der Waals surface area contributed by atoms with E-state index in [0.29, 0.717) is 12.1 Å². The van der Waals surface area contributed by atoms with E-state index in [1.807, 2.05) is 55.5 Å². The number of ether oxygens (including phenoxy) is 1. The number of nitrogens with one attached hydrogen (secondary N) is 1. The van der Waals surface area contributed by atoms with Crippen LogP contribution in [0.3, 0.4) is 0 Å². The highest BCUT2D eigenvalue weighted by Crippen LogP contribution is 2.27. The van der Waals surface area contributed by atoms with E-state index >= 15 is 0 Å². The van der Waals surface area contributed by atoms with Crippen LogP contribution in [0.4, 0.5) is 0 Å². The molecule has 0 aliphatic rings. The van der Waals surface area contributed by atoms with Gasteiger partial charge in [-0.2, -0.15) is 0 Å². The number of pyridine rings is 1. The Balaban J connectivity index is 1.50. The number of carbonyl (C=O) groups excluding carboxylic acids is 1. The molecular formula is C26H28N4O2S. The lowest BCUT2D eigenvalue weighted by Crippen LogP contribution is -2.31. The fraction of sp³-hybridized carbons (Fsp3) is 0.269. The summed E-state index contributed by atoms with van der Waals surface area (Å²) in [6, 6.07) is 19.9. The molecule has 0 unspecified atom stereocenters. The third-order valence-corrected chi connectivity index (χ3v) is 6.59. The molecule has 2 aromatic carbocycles. The van der Waals surface area contributed by atoms with Crippen molar-refractivity contribution in [3.8, 4) is 5.75 Å². The molecule has 0 saturated heterocycles. The summed E-state index contributed by atoms with van der Waals surface area (Å²) in [6.07, 6.45) is 2.71. The Morgan fingerprint density at radius 2 is 1.82 bits per heavy atom. The molecule has 4 rings (SSSR count). The Hall–Kier alpha value is -3.32. The van der Waals surface area contributed by atoms with Crippen molar-refractivity contribution in [1.29, 1.82) is 0 Å². The predicted molar refractivity (Wildman–Crippen MR) is 133 cm³/mol. The van der Waals surface area contributed by atoms with Crippen LogP contribution in [0.5, 0.6) is 5.75 Å². The first-order chi connectivity index (χ1) is 16.1. The number of fused-ring (bicyclic) bond motifs is 1. The Morgan fingerprint density at radius 3 is 2.52 bits per heavy atom. The van der Waals surface area contributed by atoms with Gasteiger partial charge in [0.1, 0.15) is 11.3 Å². The Morgan fingerprint density at radius 1 is 1.09 bits per heavy atom. The minimum absolute atomic E-state index is 0.0316. The van der Waals surface area contributed by atoms with E-state index in [1.54, 1.807) is 25.1 Å². The van der Waals surface area contributed by atoms with Crippen molar-refractivity contribution in [2.45, 2.75) is 43.8 Å². The molecule has 7 heteroatoms. The molecule has 0 bridgehead atoms. The molecule has 1 N–H and O–H groups in total. The fourth-order valence-corrected chi connectivity index (χ4v) is 4.37. The lowest BCUT2D eigenvalue weighted by molar-refractivity contribution is 0.0939. The van der Waals surface area contributed by atoms with Crippen molar-refractivity contribution in [2.24, 2.45) is 0 Å². The lowest BCUT2D eigenvalue weighted by atomic mass is 10.1. The maximum Gasteiger partial charge on any atom is 0.251 e. The van der Waals surface area contributed by atoms with Crippen molar-refractivity contribution in [3.05, 3.63) is 83.6 Å². The van der Waals surface area contributed by atoms with E-state index in [-0.39, 0.29) is 11.9 Å². The minimum Gasteiger partial charge on any atom is -0.497 e. The molecule has 2 heterocycles. The van der Waals surface area contributed by atoms with Crippen molar-refractivity contribution in [2.75, 3.05) is 7.11 Å². The van der Waals surface area contributed by atoms with Crippen LogP contribution in [-0.2, 0) is 12.3 Å². The summed E-state index contributed by atoms with van der Waals surface area (Å²) in [6.45, 7) is 4.74. The summed E-state index contributed by atoms with van der Waals surface area (Å²) in [5, 5.41) is 3.92. The number of rotatable bonds is 9. The van der Waals surface area contributed by atoms with Gasteiger partial charge in [0.15, 0.2) is 10.8 Å². The Labute approximate surface area is 198 Å². The first kappa shape index (κ1) is 22.9. The van der Waals surface area contributed by atoms with Crippen molar-refractivity contribution >= 4 is 28.8 Å². The minimum atomic E-state index is -0.0316. The van der Waals surface area contributed by atoms with Crippen LogP contribution in [0.25, 0.3) is 11.2 Å². The molecule has 0 aliphatic carbocycles. The predicted octanol–water partition coefficient (Wildman–Crippen LogP) is 5.31. The molecule has 0 fully saturated rings. The van der Waals surface area contributed by atoms with Crippen molar-refractivity contribution in [1.82, 2.24) is 19.9 Å². The summed E-state index contributed by atoms with van der Waals surface area (Å²) in [4.78, 5) is 21.7. The zero-order valence-corrected chi connectivity index (χ0v) is 19.9. The summed E-state index contributed by atoms with van der Waals surface area (Å²) in [5.41, 5.74) is 4.72. The highest BCUT2D eigenvalue weighted by Gasteiger charge is 2.14. The summed E-state index contributed by atoms with van der Waals surface area (Å²) in [5.74, 6) is 1.55. The number of carbonyl (C=O) groups is 1. The second-order valence-electron chi connectivity index (χ2n) is 7.94. The Kier molecular flexibility index (Phi) is 7.29. The first-order valence-electron chi connectivity index (χ1n) is 11.0. The number of aromatic nitrogens is 3. The van der Waals surface area contributed by atoms with E-state index in [4.69, 9.17) is 9.72 Å². The quantitative estimate of drug-likeness (QED) is 0.343. The van der Waals surface area contributed by atoms with Gasteiger partial charge >= 0.3 is 0 Å². The van der Waals surface area contributed by atoms with E-state index < -0.39 is 0 Å². The lowest BCUT2D eigenvalue weighted by Gasteiger charge is -2.12. The molecule has 1 amide bonds. The number of hydrogen-bond acceptors (Lipinski definition) is 5. The van der Waals surface area contributed by atoms with Crippen LogP contribution in [-0.4, -0.2) is 33.6 Å². The van der Waals surface area contributed by atoms with Crippen LogP contribution in [0.1, 0.15) is 41.8 Å². The van der Waals surface area contributed by atoms with E-state index in [0.717, 1.165) is 45.4 Å². The number of amides is 1. The largest absolute Gasteiger partial charge is 0.497 e. The van der Waals surface area contributed by atoms with Gasteiger partial charge in [-0.25, -0.2) is 9.97 Å².